The quantitative estimate of drug-likeness (QED) is 0.692. The number of rotatable bonds is 6. The smallest absolute Gasteiger partial charge is 0.387 e. The van der Waals surface area contributed by atoms with Crippen LogP contribution < -0.4 is 4.74 Å². The maximum Gasteiger partial charge on any atom is 0.387 e. The van der Waals surface area contributed by atoms with Crippen LogP contribution in [0.1, 0.15) is 50.9 Å². The van der Waals surface area contributed by atoms with Crippen molar-refractivity contribution in [3.63, 3.8) is 0 Å². The number of hydrogen-bond donors (Lipinski definition) is 0. The number of benzene rings is 1. The molecule has 0 aromatic heterocycles. The highest BCUT2D eigenvalue weighted by Gasteiger charge is 2.18. The van der Waals surface area contributed by atoms with Gasteiger partial charge in [-0.2, -0.15) is 8.78 Å². The van der Waals surface area contributed by atoms with Crippen LogP contribution in [0.2, 0.25) is 0 Å². The van der Waals surface area contributed by atoms with Gasteiger partial charge in [-0.05, 0) is 42.0 Å². The summed E-state index contributed by atoms with van der Waals surface area (Å²) in [6.45, 7) is 5.64. The molecule has 0 N–H and O–H groups in total. The molecule has 0 bridgehead atoms. The lowest BCUT2D eigenvalue weighted by Crippen LogP contribution is -2.14. The van der Waals surface area contributed by atoms with Crippen LogP contribution in [0.3, 0.4) is 0 Å². The summed E-state index contributed by atoms with van der Waals surface area (Å²) in [5.74, 6) is 0.393. The van der Waals surface area contributed by atoms with E-state index in [-0.39, 0.29) is 16.9 Å². The summed E-state index contributed by atoms with van der Waals surface area (Å²) < 4.78 is 28.3. The number of halogens is 2. The maximum atomic E-state index is 12.1. The minimum atomic E-state index is -2.84. The van der Waals surface area contributed by atoms with E-state index in [1.54, 1.807) is 0 Å². The Morgan fingerprint density at radius 1 is 1.20 bits per heavy atom. The molecule has 0 aliphatic rings. The van der Waals surface area contributed by atoms with E-state index in [0.717, 1.165) is 6.42 Å². The molecule has 0 aliphatic heterocycles. The highest BCUT2D eigenvalue weighted by Crippen LogP contribution is 2.27. The van der Waals surface area contributed by atoms with Crippen molar-refractivity contribution in [1.29, 1.82) is 0 Å². The van der Waals surface area contributed by atoms with Crippen molar-refractivity contribution in [3.8, 4) is 5.75 Å². The Labute approximate surface area is 119 Å². The SMILES string of the molecule is CC(CC(=O)c1ccc(OC(F)F)cc1)CC(C)(C)C. The molecule has 0 radical (unpaired) electrons. The van der Waals surface area contributed by atoms with Crippen LogP contribution in [0.25, 0.3) is 0 Å². The minimum Gasteiger partial charge on any atom is -0.435 e. The summed E-state index contributed by atoms with van der Waals surface area (Å²) in [6, 6.07) is 5.86. The number of carbonyl (C=O) groups is 1. The van der Waals surface area contributed by atoms with Crippen LogP contribution in [0.15, 0.2) is 24.3 Å². The fourth-order valence-electron chi connectivity index (χ4n) is 2.37. The van der Waals surface area contributed by atoms with E-state index in [0.29, 0.717) is 17.9 Å². The molecular weight excluding hydrogens is 262 g/mol. The summed E-state index contributed by atoms with van der Waals surface area (Å²) in [5, 5.41) is 0. The highest BCUT2D eigenvalue weighted by molar-refractivity contribution is 5.96. The van der Waals surface area contributed by atoms with Gasteiger partial charge in [0.05, 0.1) is 0 Å². The fourth-order valence-corrected chi connectivity index (χ4v) is 2.37. The first-order valence-corrected chi connectivity index (χ1v) is 6.75. The van der Waals surface area contributed by atoms with Gasteiger partial charge in [-0.15, -0.1) is 0 Å². The molecule has 0 amide bonds. The fraction of sp³-hybridized carbons (Fsp3) is 0.562. The van der Waals surface area contributed by atoms with Gasteiger partial charge in [0.1, 0.15) is 5.75 Å². The Bertz CT molecular complexity index is 433. The van der Waals surface area contributed by atoms with E-state index in [2.05, 4.69) is 32.4 Å². The highest BCUT2D eigenvalue weighted by atomic mass is 19.3. The van der Waals surface area contributed by atoms with E-state index in [4.69, 9.17) is 0 Å². The summed E-state index contributed by atoms with van der Waals surface area (Å²) in [5.41, 5.74) is 0.724. The van der Waals surface area contributed by atoms with Crippen molar-refractivity contribution in [1.82, 2.24) is 0 Å². The zero-order valence-corrected chi connectivity index (χ0v) is 12.5. The molecule has 4 heteroatoms. The summed E-state index contributed by atoms with van der Waals surface area (Å²) in [7, 11) is 0. The molecule has 20 heavy (non-hydrogen) atoms. The van der Waals surface area contributed by atoms with Crippen LogP contribution >= 0.6 is 0 Å². The molecule has 1 aromatic rings. The molecular formula is C16H22F2O2. The molecule has 0 spiro atoms. The van der Waals surface area contributed by atoms with Gasteiger partial charge < -0.3 is 4.74 Å². The predicted octanol–water partition coefficient (Wildman–Crippen LogP) is 4.93. The van der Waals surface area contributed by atoms with Gasteiger partial charge in [0.2, 0.25) is 0 Å². The number of hydrogen-bond acceptors (Lipinski definition) is 2. The molecule has 1 atom stereocenters. The van der Waals surface area contributed by atoms with Crippen LogP contribution in [-0.2, 0) is 0 Å². The maximum absolute atomic E-state index is 12.1. The van der Waals surface area contributed by atoms with Crippen molar-refractivity contribution in [3.05, 3.63) is 29.8 Å². The van der Waals surface area contributed by atoms with E-state index in [1.165, 1.54) is 24.3 Å². The number of ether oxygens (including phenoxy) is 1. The second-order valence-corrected chi connectivity index (χ2v) is 6.40. The third kappa shape index (κ3) is 6.13. The second-order valence-electron chi connectivity index (χ2n) is 6.40. The lowest BCUT2D eigenvalue weighted by Gasteiger charge is -2.22. The molecule has 0 saturated heterocycles. The molecule has 1 aromatic carbocycles. The first kappa shape index (κ1) is 16.6. The Balaban J connectivity index is 2.59. The van der Waals surface area contributed by atoms with Crippen LogP contribution in [0.5, 0.6) is 5.75 Å². The van der Waals surface area contributed by atoms with Gasteiger partial charge in [0.15, 0.2) is 5.78 Å². The Morgan fingerprint density at radius 2 is 1.75 bits per heavy atom. The molecule has 0 fully saturated rings. The molecule has 1 unspecified atom stereocenters. The van der Waals surface area contributed by atoms with Gasteiger partial charge in [0.25, 0.3) is 0 Å². The number of Topliss-reactive ketones (excluding diaryl/α,β-unsaturated/α-hetero) is 1. The molecule has 0 heterocycles. The molecule has 2 nitrogen and oxygen atoms in total. The van der Waals surface area contributed by atoms with Crippen LogP contribution in [-0.4, -0.2) is 12.4 Å². The number of ketones is 1. The van der Waals surface area contributed by atoms with Gasteiger partial charge >= 0.3 is 6.61 Å². The first-order chi connectivity index (χ1) is 9.17. The van der Waals surface area contributed by atoms with Gasteiger partial charge in [-0.25, -0.2) is 0 Å². The third-order valence-electron chi connectivity index (χ3n) is 2.90. The van der Waals surface area contributed by atoms with Crippen LogP contribution in [0.4, 0.5) is 8.78 Å². The van der Waals surface area contributed by atoms with E-state index in [9.17, 15) is 13.6 Å². The average molecular weight is 284 g/mol. The first-order valence-electron chi connectivity index (χ1n) is 6.75. The topological polar surface area (TPSA) is 26.3 Å². The summed E-state index contributed by atoms with van der Waals surface area (Å²) in [4.78, 5) is 12.1. The van der Waals surface area contributed by atoms with Crippen molar-refractivity contribution in [2.45, 2.75) is 47.1 Å². The zero-order chi connectivity index (χ0) is 15.3. The normalized spacial score (nSPS) is 13.3. The lowest BCUT2D eigenvalue weighted by molar-refractivity contribution is -0.0498. The van der Waals surface area contributed by atoms with Crippen molar-refractivity contribution >= 4 is 5.78 Å². The van der Waals surface area contributed by atoms with Gasteiger partial charge in [0, 0.05) is 12.0 Å². The van der Waals surface area contributed by atoms with E-state index < -0.39 is 6.61 Å². The third-order valence-corrected chi connectivity index (χ3v) is 2.90. The lowest BCUT2D eigenvalue weighted by atomic mass is 9.83. The molecule has 1 rings (SSSR count). The summed E-state index contributed by atoms with van der Waals surface area (Å²) >= 11 is 0. The van der Waals surface area contributed by atoms with Gasteiger partial charge in [-0.3, -0.25) is 4.79 Å². The van der Waals surface area contributed by atoms with Crippen LogP contribution in [0, 0.1) is 11.3 Å². The molecule has 0 aliphatic carbocycles. The molecule has 0 saturated carbocycles. The second kappa shape index (κ2) is 6.82. The van der Waals surface area contributed by atoms with Crippen molar-refractivity contribution in [2.24, 2.45) is 11.3 Å². The zero-order valence-electron chi connectivity index (χ0n) is 12.5. The standard InChI is InChI=1S/C16H22F2O2/c1-11(10-16(2,3)4)9-14(19)12-5-7-13(8-6-12)20-15(17)18/h5-8,11,15H,9-10H2,1-4H3. The molecule has 112 valence electrons. The van der Waals surface area contributed by atoms with Crippen molar-refractivity contribution < 1.29 is 18.3 Å². The van der Waals surface area contributed by atoms with E-state index >= 15 is 0 Å². The summed E-state index contributed by atoms with van der Waals surface area (Å²) in [6.07, 6.45) is 1.43. The van der Waals surface area contributed by atoms with E-state index in [1.807, 2.05) is 0 Å². The van der Waals surface area contributed by atoms with Crippen molar-refractivity contribution in [2.75, 3.05) is 0 Å². The average Bonchev–Trinajstić information content (AvgIpc) is 2.26. The monoisotopic (exact) mass is 284 g/mol. The Hall–Kier alpha value is -1.45. The predicted molar refractivity (Wildman–Crippen MR) is 75.3 cm³/mol. The number of alkyl halides is 2. The Morgan fingerprint density at radius 3 is 2.20 bits per heavy atom. The largest absolute Gasteiger partial charge is 0.435 e. The minimum absolute atomic E-state index is 0.0327. The number of carbonyl (C=O) groups excluding carboxylic acids is 1. The Kier molecular flexibility index (Phi) is 5.66. The van der Waals surface area contributed by atoms with Gasteiger partial charge in [-0.1, -0.05) is 27.7 Å².